The van der Waals surface area contributed by atoms with Gasteiger partial charge in [0.25, 0.3) is 0 Å². The predicted octanol–water partition coefficient (Wildman–Crippen LogP) is 3.63. The maximum absolute atomic E-state index is 11.4. The van der Waals surface area contributed by atoms with Crippen molar-refractivity contribution < 1.29 is 9.53 Å². The molecule has 0 aliphatic heterocycles. The Morgan fingerprint density at radius 3 is 2.71 bits per heavy atom. The van der Waals surface area contributed by atoms with Gasteiger partial charge in [0.2, 0.25) is 0 Å². The van der Waals surface area contributed by atoms with Gasteiger partial charge in [0, 0.05) is 10.7 Å². The minimum Gasteiger partial charge on any atom is -0.444 e. The lowest BCUT2D eigenvalue weighted by Crippen LogP contribution is -2.32. The van der Waals surface area contributed by atoms with E-state index < -0.39 is 11.7 Å². The molecule has 0 radical (unpaired) electrons. The number of nitrogens with one attached hydrogen (secondary N) is 1. The Morgan fingerprint density at radius 1 is 1.47 bits per heavy atom. The number of carbonyl (C=O) groups excluding carboxylic acids is 1. The summed E-state index contributed by atoms with van der Waals surface area (Å²) in [4.78, 5) is 15.6. The Bertz CT molecular complexity index is 416. The predicted molar refractivity (Wildman–Crippen MR) is 72.7 cm³/mol. The molecule has 1 amide bonds. The number of amides is 1. The van der Waals surface area contributed by atoms with Crippen molar-refractivity contribution in [2.75, 3.05) is 0 Å². The van der Waals surface area contributed by atoms with Gasteiger partial charge < -0.3 is 10.1 Å². The standard InChI is InChI=1S/C11H14Br2N2O2/c1-11(2,3)17-10(16)15-6-8-9(13)7(12)4-5-14-8/h4-5H,6H2,1-3H3,(H,15,16). The first-order chi connectivity index (χ1) is 7.79. The molecule has 1 rings (SSSR count). The van der Waals surface area contributed by atoms with Gasteiger partial charge in [0.05, 0.1) is 16.7 Å². The van der Waals surface area contributed by atoms with Gasteiger partial charge in [-0.2, -0.15) is 0 Å². The number of alkyl carbamates (subject to hydrolysis) is 1. The highest BCUT2D eigenvalue weighted by Crippen LogP contribution is 2.24. The number of hydrogen-bond acceptors (Lipinski definition) is 3. The van der Waals surface area contributed by atoms with Crippen LogP contribution in [0.3, 0.4) is 0 Å². The molecule has 1 aromatic rings. The van der Waals surface area contributed by atoms with Crippen LogP contribution in [0.25, 0.3) is 0 Å². The third kappa shape index (κ3) is 5.04. The van der Waals surface area contributed by atoms with E-state index in [1.54, 1.807) is 6.20 Å². The Morgan fingerprint density at radius 2 is 2.12 bits per heavy atom. The van der Waals surface area contributed by atoms with Crippen LogP contribution in [0.5, 0.6) is 0 Å². The Kier molecular flexibility index (Phi) is 4.94. The van der Waals surface area contributed by atoms with Crippen LogP contribution in [0.2, 0.25) is 0 Å². The molecule has 1 aromatic heterocycles. The van der Waals surface area contributed by atoms with Crippen molar-refractivity contribution in [1.82, 2.24) is 10.3 Å². The van der Waals surface area contributed by atoms with Crippen LogP contribution >= 0.6 is 31.9 Å². The van der Waals surface area contributed by atoms with Crippen molar-refractivity contribution >= 4 is 38.0 Å². The number of hydrogen-bond donors (Lipinski definition) is 1. The highest BCUT2D eigenvalue weighted by Gasteiger charge is 2.16. The van der Waals surface area contributed by atoms with Crippen LogP contribution in [0.4, 0.5) is 4.79 Å². The lowest BCUT2D eigenvalue weighted by atomic mass is 10.2. The lowest BCUT2D eigenvalue weighted by Gasteiger charge is -2.19. The molecule has 0 bridgehead atoms. The maximum atomic E-state index is 11.4. The molecule has 17 heavy (non-hydrogen) atoms. The molecule has 0 saturated carbocycles. The van der Waals surface area contributed by atoms with E-state index in [2.05, 4.69) is 42.2 Å². The molecule has 0 fully saturated rings. The topological polar surface area (TPSA) is 51.2 Å². The van der Waals surface area contributed by atoms with E-state index in [1.165, 1.54) is 0 Å². The number of rotatable bonds is 2. The quantitative estimate of drug-likeness (QED) is 0.870. The minimum absolute atomic E-state index is 0.314. The summed E-state index contributed by atoms with van der Waals surface area (Å²) in [5.41, 5.74) is 0.247. The van der Waals surface area contributed by atoms with Crippen LogP contribution in [0.15, 0.2) is 21.2 Å². The summed E-state index contributed by atoms with van der Waals surface area (Å²) in [6.45, 7) is 5.77. The van der Waals surface area contributed by atoms with Gasteiger partial charge >= 0.3 is 6.09 Å². The lowest BCUT2D eigenvalue weighted by molar-refractivity contribution is 0.0523. The first-order valence-electron chi connectivity index (χ1n) is 5.05. The fourth-order valence-electron chi connectivity index (χ4n) is 1.05. The Hall–Kier alpha value is -0.620. The van der Waals surface area contributed by atoms with Gasteiger partial charge in [-0.1, -0.05) is 0 Å². The normalized spacial score (nSPS) is 11.1. The molecular weight excluding hydrogens is 352 g/mol. The van der Waals surface area contributed by atoms with Crippen molar-refractivity contribution in [3.05, 3.63) is 26.9 Å². The van der Waals surface area contributed by atoms with Gasteiger partial charge in [0.15, 0.2) is 0 Å². The summed E-state index contributed by atoms with van der Waals surface area (Å²) in [6, 6.07) is 1.82. The molecule has 1 heterocycles. The second-order valence-electron chi connectivity index (χ2n) is 4.41. The summed E-state index contributed by atoms with van der Waals surface area (Å²) in [7, 11) is 0. The second kappa shape index (κ2) is 5.82. The average Bonchev–Trinajstić information content (AvgIpc) is 2.18. The number of pyridine rings is 1. The number of carbonyl (C=O) groups is 1. The Balaban J connectivity index is 2.56. The molecule has 0 aliphatic carbocycles. The molecule has 0 unspecified atom stereocenters. The van der Waals surface area contributed by atoms with Crippen LogP contribution < -0.4 is 5.32 Å². The van der Waals surface area contributed by atoms with Crippen LogP contribution in [-0.2, 0) is 11.3 Å². The number of ether oxygens (including phenoxy) is 1. The molecular formula is C11H14Br2N2O2. The van der Waals surface area contributed by atoms with E-state index in [-0.39, 0.29) is 0 Å². The number of halogens is 2. The van der Waals surface area contributed by atoms with Crippen molar-refractivity contribution in [1.29, 1.82) is 0 Å². The maximum Gasteiger partial charge on any atom is 0.407 e. The average molecular weight is 366 g/mol. The first-order valence-corrected chi connectivity index (χ1v) is 6.64. The molecule has 0 atom stereocenters. The minimum atomic E-state index is -0.494. The fraction of sp³-hybridized carbons (Fsp3) is 0.455. The van der Waals surface area contributed by atoms with Crippen LogP contribution in [0, 0.1) is 0 Å². The van der Waals surface area contributed by atoms with Gasteiger partial charge in [-0.15, -0.1) is 0 Å². The summed E-state index contributed by atoms with van der Waals surface area (Å²) in [6.07, 6.45) is 1.21. The van der Waals surface area contributed by atoms with Crippen molar-refractivity contribution in [3.63, 3.8) is 0 Å². The molecule has 0 spiro atoms. The van der Waals surface area contributed by atoms with Crippen molar-refractivity contribution in [2.24, 2.45) is 0 Å². The summed E-state index contributed by atoms with van der Waals surface area (Å²) < 4.78 is 6.85. The summed E-state index contributed by atoms with van der Waals surface area (Å²) in [5, 5.41) is 2.65. The van der Waals surface area contributed by atoms with Crippen molar-refractivity contribution in [2.45, 2.75) is 32.9 Å². The first kappa shape index (κ1) is 14.4. The van der Waals surface area contributed by atoms with Crippen LogP contribution in [0.1, 0.15) is 26.5 Å². The molecule has 94 valence electrons. The zero-order valence-electron chi connectivity index (χ0n) is 9.88. The fourth-order valence-corrected chi connectivity index (χ4v) is 1.78. The molecule has 0 saturated heterocycles. The molecule has 0 aliphatic rings. The highest BCUT2D eigenvalue weighted by molar-refractivity contribution is 9.13. The molecule has 4 nitrogen and oxygen atoms in total. The van der Waals surface area contributed by atoms with E-state index in [4.69, 9.17) is 4.74 Å². The number of aromatic nitrogens is 1. The second-order valence-corrected chi connectivity index (χ2v) is 6.06. The highest BCUT2D eigenvalue weighted by atomic mass is 79.9. The zero-order chi connectivity index (χ0) is 13.1. The van der Waals surface area contributed by atoms with Gasteiger partial charge in [-0.3, -0.25) is 4.98 Å². The molecule has 6 heteroatoms. The smallest absolute Gasteiger partial charge is 0.407 e. The summed E-state index contributed by atoms with van der Waals surface area (Å²) in [5.74, 6) is 0. The number of nitrogens with zero attached hydrogens (tertiary/aromatic N) is 1. The van der Waals surface area contributed by atoms with E-state index in [0.717, 1.165) is 14.6 Å². The van der Waals surface area contributed by atoms with Gasteiger partial charge in [-0.05, 0) is 58.7 Å². The van der Waals surface area contributed by atoms with E-state index in [0.29, 0.717) is 6.54 Å². The molecule has 0 aromatic carbocycles. The third-order valence-electron chi connectivity index (χ3n) is 1.71. The van der Waals surface area contributed by atoms with E-state index >= 15 is 0 Å². The van der Waals surface area contributed by atoms with E-state index in [1.807, 2.05) is 26.8 Å². The third-order valence-corrected chi connectivity index (χ3v) is 3.79. The van der Waals surface area contributed by atoms with Gasteiger partial charge in [-0.25, -0.2) is 4.79 Å². The Labute approximate surface area is 117 Å². The largest absolute Gasteiger partial charge is 0.444 e. The zero-order valence-corrected chi connectivity index (χ0v) is 13.1. The van der Waals surface area contributed by atoms with E-state index in [9.17, 15) is 4.79 Å². The monoisotopic (exact) mass is 364 g/mol. The van der Waals surface area contributed by atoms with Gasteiger partial charge in [0.1, 0.15) is 5.60 Å². The molecule has 1 N–H and O–H groups in total. The van der Waals surface area contributed by atoms with Crippen LogP contribution in [-0.4, -0.2) is 16.7 Å². The summed E-state index contributed by atoms with van der Waals surface area (Å²) >= 11 is 6.76. The SMILES string of the molecule is CC(C)(C)OC(=O)NCc1nccc(Br)c1Br. The van der Waals surface area contributed by atoms with Crippen molar-refractivity contribution in [3.8, 4) is 0 Å².